The normalized spacial score (nSPS) is 12.8. The van der Waals surface area contributed by atoms with Gasteiger partial charge in [-0.15, -0.1) is 11.3 Å². The van der Waals surface area contributed by atoms with Crippen molar-refractivity contribution >= 4 is 22.9 Å². The molecular formula is C16H28ClNS. The van der Waals surface area contributed by atoms with Crippen LogP contribution in [0.1, 0.15) is 75.3 Å². The van der Waals surface area contributed by atoms with Gasteiger partial charge in [-0.1, -0.05) is 57.6 Å². The van der Waals surface area contributed by atoms with Crippen molar-refractivity contribution in [3.05, 3.63) is 20.8 Å². The average molecular weight is 302 g/mol. The van der Waals surface area contributed by atoms with Gasteiger partial charge < -0.3 is 5.32 Å². The number of halogens is 1. The van der Waals surface area contributed by atoms with E-state index >= 15 is 0 Å². The zero-order valence-electron chi connectivity index (χ0n) is 12.6. The highest BCUT2D eigenvalue weighted by Crippen LogP contribution is 2.34. The Hall–Kier alpha value is -0.0500. The average Bonchev–Trinajstić information content (AvgIpc) is 2.74. The van der Waals surface area contributed by atoms with Gasteiger partial charge in [0.05, 0.1) is 5.02 Å². The van der Waals surface area contributed by atoms with Crippen molar-refractivity contribution in [3.8, 4) is 0 Å². The Morgan fingerprint density at radius 1 is 1.16 bits per heavy atom. The van der Waals surface area contributed by atoms with E-state index in [1.54, 1.807) is 0 Å². The van der Waals surface area contributed by atoms with E-state index < -0.39 is 0 Å². The van der Waals surface area contributed by atoms with Crippen molar-refractivity contribution in [2.45, 2.75) is 71.8 Å². The van der Waals surface area contributed by atoms with Crippen LogP contribution < -0.4 is 5.32 Å². The number of hydrogen-bond acceptors (Lipinski definition) is 2. The van der Waals surface area contributed by atoms with Crippen LogP contribution in [0, 0.1) is 6.92 Å². The van der Waals surface area contributed by atoms with Crippen molar-refractivity contribution in [3.63, 3.8) is 0 Å². The second-order valence-electron chi connectivity index (χ2n) is 5.31. The number of hydrogen-bond donors (Lipinski definition) is 1. The Morgan fingerprint density at radius 2 is 1.89 bits per heavy atom. The lowest BCUT2D eigenvalue weighted by atomic mass is 10.0. The molecule has 0 aliphatic heterocycles. The molecule has 1 heterocycles. The van der Waals surface area contributed by atoms with E-state index in [2.05, 4.69) is 31.5 Å². The third-order valence-corrected chi connectivity index (χ3v) is 5.31. The maximum absolute atomic E-state index is 6.42. The van der Waals surface area contributed by atoms with E-state index in [9.17, 15) is 0 Å². The van der Waals surface area contributed by atoms with Crippen LogP contribution in [-0.4, -0.2) is 6.54 Å². The first-order chi connectivity index (χ1) is 9.20. The molecule has 1 rings (SSSR count). The summed E-state index contributed by atoms with van der Waals surface area (Å²) >= 11 is 8.22. The molecule has 0 saturated carbocycles. The van der Waals surface area contributed by atoms with E-state index in [1.165, 1.54) is 55.4 Å². The van der Waals surface area contributed by atoms with Gasteiger partial charge in [0.1, 0.15) is 0 Å². The molecule has 1 aromatic heterocycles. The van der Waals surface area contributed by atoms with Crippen LogP contribution in [0.5, 0.6) is 0 Å². The molecule has 1 nitrogen and oxygen atoms in total. The first-order valence-corrected chi connectivity index (χ1v) is 8.93. The monoisotopic (exact) mass is 301 g/mol. The molecule has 1 atom stereocenters. The summed E-state index contributed by atoms with van der Waals surface area (Å²) in [5, 5.41) is 6.81. The number of nitrogens with one attached hydrogen (secondary N) is 1. The van der Waals surface area contributed by atoms with Crippen LogP contribution in [0.4, 0.5) is 0 Å². The van der Waals surface area contributed by atoms with Gasteiger partial charge in [0.25, 0.3) is 0 Å². The summed E-state index contributed by atoms with van der Waals surface area (Å²) in [6, 6.07) is 0.452. The molecule has 0 aliphatic carbocycles. The SMILES string of the molecule is CCCCCCCC(NCCC)c1scc(C)c1Cl. The van der Waals surface area contributed by atoms with Gasteiger partial charge in [0, 0.05) is 10.9 Å². The molecule has 0 fully saturated rings. The smallest absolute Gasteiger partial charge is 0.0590 e. The first kappa shape index (κ1) is 17.0. The lowest BCUT2D eigenvalue weighted by Crippen LogP contribution is -2.21. The minimum atomic E-state index is 0.452. The van der Waals surface area contributed by atoms with Crippen LogP contribution in [0.3, 0.4) is 0 Å². The van der Waals surface area contributed by atoms with E-state index in [0.29, 0.717) is 6.04 Å². The van der Waals surface area contributed by atoms with Crippen LogP contribution >= 0.6 is 22.9 Å². The van der Waals surface area contributed by atoms with Crippen molar-refractivity contribution < 1.29 is 0 Å². The topological polar surface area (TPSA) is 12.0 Å². The van der Waals surface area contributed by atoms with Gasteiger partial charge in [-0.3, -0.25) is 0 Å². The molecule has 1 unspecified atom stereocenters. The largest absolute Gasteiger partial charge is 0.309 e. The van der Waals surface area contributed by atoms with Gasteiger partial charge in [-0.2, -0.15) is 0 Å². The molecule has 0 radical (unpaired) electrons. The van der Waals surface area contributed by atoms with Gasteiger partial charge in [-0.05, 0) is 37.3 Å². The summed E-state index contributed by atoms with van der Waals surface area (Å²) in [6.45, 7) is 7.65. The lowest BCUT2D eigenvalue weighted by molar-refractivity contribution is 0.473. The molecule has 0 saturated heterocycles. The fourth-order valence-corrected chi connectivity index (χ4v) is 3.72. The number of rotatable bonds is 10. The summed E-state index contributed by atoms with van der Waals surface area (Å²) in [6.07, 6.45) is 9.08. The van der Waals surface area contributed by atoms with Crippen LogP contribution in [0.15, 0.2) is 5.38 Å². The quantitative estimate of drug-likeness (QED) is 0.514. The highest BCUT2D eigenvalue weighted by molar-refractivity contribution is 7.10. The third-order valence-electron chi connectivity index (χ3n) is 3.48. The number of aryl methyl sites for hydroxylation is 1. The van der Waals surface area contributed by atoms with Crippen LogP contribution in [-0.2, 0) is 0 Å². The minimum absolute atomic E-state index is 0.452. The molecule has 0 bridgehead atoms. The molecule has 0 spiro atoms. The molecule has 1 aromatic rings. The first-order valence-electron chi connectivity index (χ1n) is 7.67. The summed E-state index contributed by atoms with van der Waals surface area (Å²) in [5.74, 6) is 0. The Labute approximate surface area is 127 Å². The van der Waals surface area contributed by atoms with Crippen LogP contribution in [0.2, 0.25) is 5.02 Å². The highest BCUT2D eigenvalue weighted by Gasteiger charge is 2.16. The predicted octanol–water partition coefficient (Wildman–Crippen LogP) is 6.11. The molecule has 19 heavy (non-hydrogen) atoms. The van der Waals surface area contributed by atoms with E-state index in [0.717, 1.165) is 11.6 Å². The standard InChI is InChI=1S/C16H28ClNS/c1-4-6-7-8-9-10-14(18-11-5-2)16-15(17)13(3)12-19-16/h12,14,18H,4-11H2,1-3H3. The third kappa shape index (κ3) is 5.85. The van der Waals surface area contributed by atoms with E-state index in [1.807, 2.05) is 11.3 Å². The highest BCUT2D eigenvalue weighted by atomic mass is 35.5. The Balaban J connectivity index is 2.49. The van der Waals surface area contributed by atoms with Gasteiger partial charge >= 0.3 is 0 Å². The number of thiophene rings is 1. The number of unbranched alkanes of at least 4 members (excludes halogenated alkanes) is 4. The predicted molar refractivity (Wildman–Crippen MR) is 88.5 cm³/mol. The Morgan fingerprint density at radius 3 is 2.47 bits per heavy atom. The summed E-state index contributed by atoms with van der Waals surface area (Å²) in [5.41, 5.74) is 1.22. The molecule has 0 aliphatic rings. The van der Waals surface area contributed by atoms with E-state index in [4.69, 9.17) is 11.6 Å². The van der Waals surface area contributed by atoms with Gasteiger partial charge in [-0.25, -0.2) is 0 Å². The summed E-state index contributed by atoms with van der Waals surface area (Å²) in [7, 11) is 0. The maximum Gasteiger partial charge on any atom is 0.0590 e. The molecule has 0 amide bonds. The van der Waals surface area contributed by atoms with E-state index in [-0.39, 0.29) is 0 Å². The molecule has 110 valence electrons. The molecule has 1 N–H and O–H groups in total. The summed E-state index contributed by atoms with van der Waals surface area (Å²) in [4.78, 5) is 1.34. The molecule has 0 aromatic carbocycles. The van der Waals surface area contributed by atoms with Gasteiger partial charge in [0.2, 0.25) is 0 Å². The second-order valence-corrected chi connectivity index (χ2v) is 6.60. The molecule has 3 heteroatoms. The second kappa shape index (κ2) is 9.79. The Kier molecular flexibility index (Phi) is 8.76. The molecular weight excluding hydrogens is 274 g/mol. The van der Waals surface area contributed by atoms with Crippen molar-refractivity contribution in [2.75, 3.05) is 6.54 Å². The zero-order valence-corrected chi connectivity index (χ0v) is 14.2. The lowest BCUT2D eigenvalue weighted by Gasteiger charge is -2.18. The van der Waals surface area contributed by atoms with Crippen LogP contribution in [0.25, 0.3) is 0 Å². The van der Waals surface area contributed by atoms with Crippen molar-refractivity contribution in [1.29, 1.82) is 0 Å². The summed E-state index contributed by atoms with van der Waals surface area (Å²) < 4.78 is 0. The van der Waals surface area contributed by atoms with Crippen molar-refractivity contribution in [2.24, 2.45) is 0 Å². The van der Waals surface area contributed by atoms with Gasteiger partial charge in [0.15, 0.2) is 0 Å². The Bertz CT molecular complexity index is 349. The fourth-order valence-electron chi connectivity index (χ4n) is 2.28. The van der Waals surface area contributed by atoms with Crippen molar-refractivity contribution in [1.82, 2.24) is 5.32 Å². The zero-order chi connectivity index (χ0) is 14.1. The fraction of sp³-hybridized carbons (Fsp3) is 0.750. The minimum Gasteiger partial charge on any atom is -0.309 e. The maximum atomic E-state index is 6.42.